The van der Waals surface area contributed by atoms with Gasteiger partial charge in [0.15, 0.2) is 0 Å². The van der Waals surface area contributed by atoms with Crippen molar-refractivity contribution in [2.75, 3.05) is 52.8 Å². The number of benzene rings is 1. The molecule has 1 heterocycles. The fourth-order valence-corrected chi connectivity index (χ4v) is 4.09. The van der Waals surface area contributed by atoms with Crippen molar-refractivity contribution in [1.82, 2.24) is 9.21 Å². The minimum atomic E-state index is -3.21. The molecule has 0 N–H and O–H groups in total. The van der Waals surface area contributed by atoms with E-state index in [1.165, 1.54) is 12.7 Å². The number of methoxy groups -OCH3 is 2. The molecular weight excluding hydrogens is 316 g/mol. The van der Waals surface area contributed by atoms with Gasteiger partial charge in [0.05, 0.1) is 19.5 Å². The third-order valence-electron chi connectivity index (χ3n) is 4.05. The first-order valence-corrected chi connectivity index (χ1v) is 9.48. The van der Waals surface area contributed by atoms with E-state index in [-0.39, 0.29) is 12.4 Å². The van der Waals surface area contributed by atoms with Gasteiger partial charge in [-0.25, -0.2) is 12.7 Å². The second kappa shape index (κ2) is 8.63. The van der Waals surface area contributed by atoms with Crippen molar-refractivity contribution in [1.29, 1.82) is 0 Å². The summed E-state index contributed by atoms with van der Waals surface area (Å²) in [5.74, 6) is 0.905. The largest absolute Gasteiger partial charge is 0.497 e. The minimum absolute atomic E-state index is 0.0575. The highest BCUT2D eigenvalue weighted by Crippen LogP contribution is 2.15. The van der Waals surface area contributed by atoms with Crippen LogP contribution >= 0.6 is 0 Å². The molecule has 0 bridgehead atoms. The lowest BCUT2D eigenvalue weighted by Gasteiger charge is -2.21. The summed E-state index contributed by atoms with van der Waals surface area (Å²) in [6, 6.07) is 8.01. The predicted octanol–water partition coefficient (Wildman–Crippen LogP) is 1.18. The van der Waals surface area contributed by atoms with Crippen molar-refractivity contribution in [3.05, 3.63) is 29.8 Å². The Hall–Kier alpha value is -1.15. The standard InChI is InChI=1S/C16H26N2O4S/c1-21-12-13-23(19,20)18-9-3-8-17(10-11-18)14-15-4-6-16(22-2)7-5-15/h4-7H,3,8-14H2,1-2H3. The van der Waals surface area contributed by atoms with Gasteiger partial charge in [0, 0.05) is 33.3 Å². The van der Waals surface area contributed by atoms with E-state index in [1.807, 2.05) is 12.1 Å². The Balaban J connectivity index is 1.90. The Kier molecular flexibility index (Phi) is 6.83. The molecule has 130 valence electrons. The zero-order valence-electron chi connectivity index (χ0n) is 13.9. The topological polar surface area (TPSA) is 59.1 Å². The highest BCUT2D eigenvalue weighted by molar-refractivity contribution is 7.89. The van der Waals surface area contributed by atoms with E-state index in [0.717, 1.165) is 31.8 Å². The van der Waals surface area contributed by atoms with Crippen LogP contribution in [0.2, 0.25) is 0 Å². The molecule has 1 aromatic carbocycles. The maximum atomic E-state index is 12.2. The predicted molar refractivity (Wildman–Crippen MR) is 90.1 cm³/mol. The van der Waals surface area contributed by atoms with Crippen LogP contribution in [0.4, 0.5) is 0 Å². The van der Waals surface area contributed by atoms with Crippen LogP contribution in [0, 0.1) is 0 Å². The first kappa shape index (κ1) is 18.2. The highest BCUT2D eigenvalue weighted by atomic mass is 32.2. The Morgan fingerprint density at radius 2 is 1.78 bits per heavy atom. The lowest BCUT2D eigenvalue weighted by Crippen LogP contribution is -2.37. The van der Waals surface area contributed by atoms with E-state index < -0.39 is 10.0 Å². The summed E-state index contributed by atoms with van der Waals surface area (Å²) in [4.78, 5) is 2.30. The quantitative estimate of drug-likeness (QED) is 0.745. The van der Waals surface area contributed by atoms with E-state index in [2.05, 4.69) is 17.0 Å². The van der Waals surface area contributed by atoms with Gasteiger partial charge >= 0.3 is 0 Å². The average molecular weight is 342 g/mol. The molecular formula is C16H26N2O4S. The van der Waals surface area contributed by atoms with Crippen molar-refractivity contribution >= 4 is 10.0 Å². The zero-order valence-corrected chi connectivity index (χ0v) is 14.7. The lowest BCUT2D eigenvalue weighted by molar-refractivity contribution is 0.215. The van der Waals surface area contributed by atoms with Crippen molar-refractivity contribution < 1.29 is 17.9 Å². The van der Waals surface area contributed by atoms with Crippen LogP contribution in [-0.4, -0.2) is 70.4 Å². The third-order valence-corrected chi connectivity index (χ3v) is 5.89. The number of hydrogen-bond donors (Lipinski definition) is 0. The molecule has 1 saturated heterocycles. The van der Waals surface area contributed by atoms with Crippen molar-refractivity contribution in [2.24, 2.45) is 0 Å². The van der Waals surface area contributed by atoms with Crippen LogP contribution in [0.1, 0.15) is 12.0 Å². The summed E-state index contributed by atoms with van der Waals surface area (Å²) in [7, 11) is -0.0314. The summed E-state index contributed by atoms with van der Waals surface area (Å²) in [5.41, 5.74) is 1.21. The monoisotopic (exact) mass is 342 g/mol. The number of hydrogen-bond acceptors (Lipinski definition) is 5. The fraction of sp³-hybridized carbons (Fsp3) is 0.625. The number of sulfonamides is 1. The average Bonchev–Trinajstić information content (AvgIpc) is 2.80. The van der Waals surface area contributed by atoms with E-state index in [9.17, 15) is 8.42 Å². The molecule has 7 heteroatoms. The van der Waals surface area contributed by atoms with Gasteiger partial charge in [-0.2, -0.15) is 0 Å². The van der Waals surface area contributed by atoms with Gasteiger partial charge in [-0.1, -0.05) is 12.1 Å². The van der Waals surface area contributed by atoms with Crippen LogP contribution in [0.15, 0.2) is 24.3 Å². The lowest BCUT2D eigenvalue weighted by atomic mass is 10.2. The van der Waals surface area contributed by atoms with Crippen molar-refractivity contribution in [3.8, 4) is 5.75 Å². The normalized spacial score (nSPS) is 17.8. The summed E-state index contributed by atoms with van der Waals surface area (Å²) in [6.45, 7) is 3.86. The van der Waals surface area contributed by atoms with Crippen LogP contribution in [0.5, 0.6) is 5.75 Å². The van der Waals surface area contributed by atoms with Gasteiger partial charge < -0.3 is 9.47 Å². The molecule has 0 aromatic heterocycles. The summed E-state index contributed by atoms with van der Waals surface area (Å²) >= 11 is 0. The summed E-state index contributed by atoms with van der Waals surface area (Å²) < 4.78 is 36.1. The minimum Gasteiger partial charge on any atom is -0.497 e. The first-order valence-electron chi connectivity index (χ1n) is 7.87. The van der Waals surface area contributed by atoms with Gasteiger partial charge in [0.25, 0.3) is 0 Å². The molecule has 23 heavy (non-hydrogen) atoms. The maximum absolute atomic E-state index is 12.2. The van der Waals surface area contributed by atoms with Crippen LogP contribution in [0.3, 0.4) is 0 Å². The summed E-state index contributed by atoms with van der Waals surface area (Å²) in [5, 5.41) is 0. The molecule has 0 atom stereocenters. The number of nitrogens with zero attached hydrogens (tertiary/aromatic N) is 2. The molecule has 1 fully saturated rings. The Bertz CT molecular complexity index is 574. The molecule has 2 rings (SSSR count). The van der Waals surface area contributed by atoms with Crippen LogP contribution < -0.4 is 4.74 Å². The molecule has 0 unspecified atom stereocenters. The first-order chi connectivity index (χ1) is 11.0. The van der Waals surface area contributed by atoms with Crippen molar-refractivity contribution in [3.63, 3.8) is 0 Å². The Labute approximate surface area is 139 Å². The van der Waals surface area contributed by atoms with Gasteiger partial charge in [-0.05, 0) is 30.7 Å². The molecule has 1 aliphatic rings. The molecule has 1 aliphatic heterocycles. The molecule has 0 radical (unpaired) electrons. The molecule has 0 aliphatic carbocycles. The van der Waals surface area contributed by atoms with Gasteiger partial charge in [0.2, 0.25) is 10.0 Å². The van der Waals surface area contributed by atoms with Gasteiger partial charge in [0.1, 0.15) is 5.75 Å². The van der Waals surface area contributed by atoms with E-state index >= 15 is 0 Å². The molecule has 0 saturated carbocycles. The second-order valence-corrected chi connectivity index (χ2v) is 7.77. The molecule has 0 spiro atoms. The Morgan fingerprint density at radius 3 is 2.43 bits per heavy atom. The van der Waals surface area contributed by atoms with Gasteiger partial charge in [-0.15, -0.1) is 0 Å². The zero-order chi connectivity index (χ0) is 16.7. The Morgan fingerprint density at radius 1 is 1.04 bits per heavy atom. The SMILES string of the molecule is COCCS(=O)(=O)N1CCCN(Cc2ccc(OC)cc2)CC1. The van der Waals surface area contributed by atoms with E-state index in [4.69, 9.17) is 9.47 Å². The number of rotatable bonds is 7. The highest BCUT2D eigenvalue weighted by Gasteiger charge is 2.24. The van der Waals surface area contributed by atoms with Crippen molar-refractivity contribution in [2.45, 2.75) is 13.0 Å². The van der Waals surface area contributed by atoms with E-state index in [1.54, 1.807) is 11.4 Å². The maximum Gasteiger partial charge on any atom is 0.216 e. The third kappa shape index (κ3) is 5.46. The number of ether oxygens (including phenoxy) is 2. The van der Waals surface area contributed by atoms with Crippen LogP contribution in [-0.2, 0) is 21.3 Å². The van der Waals surface area contributed by atoms with E-state index in [0.29, 0.717) is 13.1 Å². The summed E-state index contributed by atoms with van der Waals surface area (Å²) in [6.07, 6.45) is 0.850. The smallest absolute Gasteiger partial charge is 0.216 e. The fourth-order valence-electron chi connectivity index (χ4n) is 2.69. The molecule has 0 amide bonds. The molecule has 1 aromatic rings. The van der Waals surface area contributed by atoms with Gasteiger partial charge in [-0.3, -0.25) is 4.90 Å². The second-order valence-electron chi connectivity index (χ2n) is 5.69. The molecule has 6 nitrogen and oxygen atoms in total. The van der Waals surface area contributed by atoms with Crippen LogP contribution in [0.25, 0.3) is 0 Å².